The van der Waals surface area contributed by atoms with Gasteiger partial charge >= 0.3 is 7.12 Å². The molecule has 0 aliphatic carbocycles. The summed E-state index contributed by atoms with van der Waals surface area (Å²) in [6.07, 6.45) is 0.969. The molecule has 1 heterocycles. The molecule has 3 heteroatoms. The Bertz CT molecular complexity index is 237. The standard InChI is InChI=1S/C13H27BO2/c1-10(11(2,3)4)9-14-15-12(5,6)13(7,8)16-14/h10H,9H2,1-8H3. The van der Waals surface area contributed by atoms with E-state index in [0.29, 0.717) is 11.3 Å². The van der Waals surface area contributed by atoms with Crippen LogP contribution in [-0.4, -0.2) is 18.3 Å². The Balaban J connectivity index is 2.61. The molecule has 16 heavy (non-hydrogen) atoms. The first-order chi connectivity index (χ1) is 6.96. The fourth-order valence-electron chi connectivity index (χ4n) is 1.70. The van der Waals surface area contributed by atoms with E-state index in [2.05, 4.69) is 55.4 Å². The van der Waals surface area contributed by atoms with E-state index in [0.717, 1.165) is 6.32 Å². The smallest absolute Gasteiger partial charge is 0.403 e. The fourth-order valence-corrected chi connectivity index (χ4v) is 1.70. The molecule has 1 unspecified atom stereocenters. The summed E-state index contributed by atoms with van der Waals surface area (Å²) in [7, 11) is -0.0563. The highest BCUT2D eigenvalue weighted by atomic mass is 16.7. The summed E-state index contributed by atoms with van der Waals surface area (Å²) < 4.78 is 12.0. The predicted octanol–water partition coefficient (Wildman–Crippen LogP) is 3.76. The first-order valence-electron chi connectivity index (χ1n) is 6.31. The summed E-state index contributed by atoms with van der Waals surface area (Å²) in [5.41, 5.74) is -0.0891. The maximum Gasteiger partial charge on any atom is 0.458 e. The molecule has 94 valence electrons. The van der Waals surface area contributed by atoms with Crippen molar-refractivity contribution in [2.24, 2.45) is 11.3 Å². The quantitative estimate of drug-likeness (QED) is 0.667. The SMILES string of the molecule is CC(CB1OC(C)(C)C(C)(C)O1)C(C)(C)C. The normalized spacial score (nSPS) is 25.9. The van der Waals surface area contributed by atoms with Gasteiger partial charge in [0.2, 0.25) is 0 Å². The van der Waals surface area contributed by atoms with Gasteiger partial charge in [-0.1, -0.05) is 27.7 Å². The maximum absolute atomic E-state index is 6.01. The van der Waals surface area contributed by atoms with Gasteiger partial charge < -0.3 is 9.31 Å². The lowest BCUT2D eigenvalue weighted by Gasteiger charge is -2.32. The molecule has 0 aromatic carbocycles. The average molecular weight is 226 g/mol. The molecule has 0 radical (unpaired) electrons. The molecular formula is C13H27BO2. The van der Waals surface area contributed by atoms with Crippen molar-refractivity contribution < 1.29 is 9.31 Å². The molecule has 0 amide bonds. The molecule has 0 aromatic rings. The van der Waals surface area contributed by atoms with Crippen molar-refractivity contribution in [3.8, 4) is 0 Å². The van der Waals surface area contributed by atoms with E-state index >= 15 is 0 Å². The van der Waals surface area contributed by atoms with Crippen molar-refractivity contribution in [1.29, 1.82) is 0 Å². The molecule has 1 fully saturated rings. The molecule has 1 aliphatic rings. The zero-order valence-corrected chi connectivity index (χ0v) is 12.2. The summed E-state index contributed by atoms with van der Waals surface area (Å²) >= 11 is 0. The summed E-state index contributed by atoms with van der Waals surface area (Å²) in [4.78, 5) is 0. The van der Waals surface area contributed by atoms with Crippen molar-refractivity contribution in [2.45, 2.75) is 72.9 Å². The lowest BCUT2D eigenvalue weighted by molar-refractivity contribution is 0.00578. The van der Waals surface area contributed by atoms with Crippen molar-refractivity contribution in [1.82, 2.24) is 0 Å². The minimum absolute atomic E-state index is 0.0563. The van der Waals surface area contributed by atoms with E-state index < -0.39 is 0 Å². The molecule has 0 bridgehead atoms. The lowest BCUT2D eigenvalue weighted by Crippen LogP contribution is -2.41. The number of rotatable bonds is 2. The number of hydrogen-bond donors (Lipinski definition) is 0. The molecule has 0 aromatic heterocycles. The largest absolute Gasteiger partial charge is 0.458 e. The Morgan fingerprint density at radius 3 is 1.69 bits per heavy atom. The Morgan fingerprint density at radius 2 is 1.38 bits per heavy atom. The van der Waals surface area contributed by atoms with E-state index in [1.54, 1.807) is 0 Å². The van der Waals surface area contributed by atoms with Crippen molar-refractivity contribution in [2.75, 3.05) is 0 Å². The molecule has 1 rings (SSSR count). The summed E-state index contributed by atoms with van der Waals surface area (Å²) in [6.45, 7) is 17.5. The van der Waals surface area contributed by atoms with E-state index in [1.165, 1.54) is 0 Å². The minimum Gasteiger partial charge on any atom is -0.403 e. The average Bonchev–Trinajstić information content (AvgIpc) is 2.17. The van der Waals surface area contributed by atoms with Crippen LogP contribution in [-0.2, 0) is 9.31 Å². The molecular weight excluding hydrogens is 199 g/mol. The van der Waals surface area contributed by atoms with Crippen molar-refractivity contribution in [3.63, 3.8) is 0 Å². The first kappa shape index (κ1) is 14.0. The molecule has 0 spiro atoms. The zero-order valence-electron chi connectivity index (χ0n) is 12.2. The predicted molar refractivity (Wildman–Crippen MR) is 69.5 cm³/mol. The van der Waals surface area contributed by atoms with Gasteiger partial charge in [0.15, 0.2) is 0 Å². The van der Waals surface area contributed by atoms with Gasteiger partial charge in [0.1, 0.15) is 0 Å². The lowest BCUT2D eigenvalue weighted by atomic mass is 9.68. The highest BCUT2D eigenvalue weighted by molar-refractivity contribution is 6.45. The number of hydrogen-bond acceptors (Lipinski definition) is 2. The van der Waals surface area contributed by atoms with E-state index in [-0.39, 0.29) is 18.3 Å². The summed E-state index contributed by atoms with van der Waals surface area (Å²) in [5.74, 6) is 0.585. The second kappa shape index (κ2) is 4.02. The van der Waals surface area contributed by atoms with Crippen LogP contribution in [0, 0.1) is 11.3 Å². The molecule has 1 aliphatic heterocycles. The van der Waals surface area contributed by atoms with Gasteiger partial charge in [-0.25, -0.2) is 0 Å². The molecule has 1 atom stereocenters. The molecule has 0 saturated carbocycles. The third kappa shape index (κ3) is 2.81. The van der Waals surface area contributed by atoms with Gasteiger partial charge in [0.25, 0.3) is 0 Å². The maximum atomic E-state index is 6.01. The Morgan fingerprint density at radius 1 is 1.00 bits per heavy atom. The van der Waals surface area contributed by atoms with Crippen LogP contribution in [0.4, 0.5) is 0 Å². The van der Waals surface area contributed by atoms with Crippen LogP contribution in [0.25, 0.3) is 0 Å². The third-order valence-corrected chi connectivity index (χ3v) is 4.33. The van der Waals surface area contributed by atoms with Crippen molar-refractivity contribution >= 4 is 7.12 Å². The van der Waals surface area contributed by atoms with Crippen LogP contribution in [0.5, 0.6) is 0 Å². The van der Waals surface area contributed by atoms with E-state index in [1.807, 2.05) is 0 Å². The molecule has 1 saturated heterocycles. The van der Waals surface area contributed by atoms with E-state index in [4.69, 9.17) is 9.31 Å². The van der Waals surface area contributed by atoms with Crippen molar-refractivity contribution in [3.05, 3.63) is 0 Å². The molecule has 0 N–H and O–H groups in total. The van der Waals surface area contributed by atoms with E-state index in [9.17, 15) is 0 Å². The van der Waals surface area contributed by atoms with Gasteiger partial charge in [-0.05, 0) is 45.3 Å². The highest BCUT2D eigenvalue weighted by Gasteiger charge is 2.51. The monoisotopic (exact) mass is 226 g/mol. The second-order valence-corrected chi connectivity index (χ2v) is 7.19. The van der Waals surface area contributed by atoms with Gasteiger partial charge in [-0.15, -0.1) is 0 Å². The fraction of sp³-hybridized carbons (Fsp3) is 1.00. The Labute approximate surface area is 101 Å². The Kier molecular flexibility index (Phi) is 3.53. The highest BCUT2D eigenvalue weighted by Crippen LogP contribution is 2.40. The van der Waals surface area contributed by atoms with Crippen LogP contribution in [0.15, 0.2) is 0 Å². The van der Waals surface area contributed by atoms with Crippen LogP contribution >= 0.6 is 0 Å². The molecule has 2 nitrogen and oxygen atoms in total. The van der Waals surface area contributed by atoms with Crippen LogP contribution in [0.1, 0.15) is 55.4 Å². The second-order valence-electron chi connectivity index (χ2n) is 7.19. The topological polar surface area (TPSA) is 18.5 Å². The van der Waals surface area contributed by atoms with Gasteiger partial charge in [-0.2, -0.15) is 0 Å². The van der Waals surface area contributed by atoms with Gasteiger partial charge in [0.05, 0.1) is 11.2 Å². The van der Waals surface area contributed by atoms with Crippen LogP contribution in [0.3, 0.4) is 0 Å². The zero-order chi connectivity index (χ0) is 12.8. The Hall–Kier alpha value is -0.0151. The van der Waals surface area contributed by atoms with Crippen LogP contribution in [0.2, 0.25) is 6.32 Å². The summed E-state index contributed by atoms with van der Waals surface area (Å²) in [6, 6.07) is 0. The van der Waals surface area contributed by atoms with Gasteiger partial charge in [0, 0.05) is 0 Å². The first-order valence-corrected chi connectivity index (χ1v) is 6.31. The van der Waals surface area contributed by atoms with Crippen LogP contribution < -0.4 is 0 Å². The summed E-state index contributed by atoms with van der Waals surface area (Å²) in [5, 5.41) is 0. The third-order valence-electron chi connectivity index (χ3n) is 4.33. The van der Waals surface area contributed by atoms with Gasteiger partial charge in [-0.3, -0.25) is 0 Å². The minimum atomic E-state index is -0.199.